The quantitative estimate of drug-likeness (QED) is 0.619. The number of methoxy groups -OCH3 is 2. The van der Waals surface area contributed by atoms with Crippen molar-refractivity contribution < 1.29 is 23.8 Å². The third kappa shape index (κ3) is 5.69. The molecule has 0 saturated carbocycles. The number of carbonyl (C=O) groups excluding carboxylic acids is 2. The summed E-state index contributed by atoms with van der Waals surface area (Å²) in [5.41, 5.74) is 1.33. The SMILES string of the molecule is COc1ccc(/C=C/C(=O)OCC(=O)Nc2ccccc2OC)cc1. The first-order valence-electron chi connectivity index (χ1n) is 7.54. The summed E-state index contributed by atoms with van der Waals surface area (Å²) in [7, 11) is 3.09. The van der Waals surface area contributed by atoms with Crippen LogP contribution in [-0.2, 0) is 14.3 Å². The van der Waals surface area contributed by atoms with Gasteiger partial charge in [-0.2, -0.15) is 0 Å². The molecule has 0 aliphatic carbocycles. The molecule has 2 rings (SSSR count). The Morgan fingerprint density at radius 1 is 1.00 bits per heavy atom. The molecular weight excluding hydrogens is 322 g/mol. The number of rotatable bonds is 7. The zero-order chi connectivity index (χ0) is 18.1. The van der Waals surface area contributed by atoms with Crippen molar-refractivity contribution in [3.63, 3.8) is 0 Å². The number of amides is 1. The Balaban J connectivity index is 1.82. The monoisotopic (exact) mass is 341 g/mol. The van der Waals surface area contributed by atoms with E-state index in [1.165, 1.54) is 13.2 Å². The molecule has 1 amide bonds. The van der Waals surface area contributed by atoms with Crippen LogP contribution in [0.1, 0.15) is 5.56 Å². The first-order chi connectivity index (χ1) is 12.1. The lowest BCUT2D eigenvalue weighted by molar-refractivity contribution is -0.142. The molecule has 0 saturated heterocycles. The fraction of sp³-hybridized carbons (Fsp3) is 0.158. The van der Waals surface area contributed by atoms with Gasteiger partial charge in [-0.3, -0.25) is 4.79 Å². The highest BCUT2D eigenvalue weighted by molar-refractivity contribution is 5.95. The van der Waals surface area contributed by atoms with Crippen LogP contribution in [0.3, 0.4) is 0 Å². The molecule has 6 nitrogen and oxygen atoms in total. The summed E-state index contributed by atoms with van der Waals surface area (Å²) in [4.78, 5) is 23.5. The summed E-state index contributed by atoms with van der Waals surface area (Å²) < 4.78 is 15.1. The van der Waals surface area contributed by atoms with E-state index < -0.39 is 11.9 Å². The van der Waals surface area contributed by atoms with Gasteiger partial charge in [0.1, 0.15) is 11.5 Å². The molecule has 0 bridgehead atoms. The van der Waals surface area contributed by atoms with Crippen molar-refractivity contribution in [2.24, 2.45) is 0 Å². The summed E-state index contributed by atoms with van der Waals surface area (Å²) in [6, 6.07) is 14.1. The summed E-state index contributed by atoms with van der Waals surface area (Å²) in [5, 5.41) is 2.62. The summed E-state index contributed by atoms with van der Waals surface area (Å²) >= 11 is 0. The number of esters is 1. The van der Waals surface area contributed by atoms with Crippen LogP contribution >= 0.6 is 0 Å². The van der Waals surface area contributed by atoms with Crippen LogP contribution in [0.2, 0.25) is 0 Å². The highest BCUT2D eigenvalue weighted by Crippen LogP contribution is 2.22. The molecule has 0 aliphatic rings. The Bertz CT molecular complexity index is 753. The maximum absolute atomic E-state index is 11.8. The largest absolute Gasteiger partial charge is 0.497 e. The Hall–Kier alpha value is -3.28. The van der Waals surface area contributed by atoms with Crippen LogP contribution in [0.5, 0.6) is 11.5 Å². The summed E-state index contributed by atoms with van der Waals surface area (Å²) in [6.07, 6.45) is 2.86. The van der Waals surface area contributed by atoms with Crippen LogP contribution in [0.25, 0.3) is 6.08 Å². The standard InChI is InChI=1S/C19H19NO5/c1-23-15-10-7-14(8-11-15)9-12-19(22)25-13-18(21)20-16-5-3-4-6-17(16)24-2/h3-12H,13H2,1-2H3,(H,20,21)/b12-9+. The molecule has 25 heavy (non-hydrogen) atoms. The minimum Gasteiger partial charge on any atom is -0.497 e. The number of para-hydroxylation sites is 2. The second-order valence-electron chi connectivity index (χ2n) is 4.96. The van der Waals surface area contributed by atoms with Crippen molar-refractivity contribution in [3.05, 3.63) is 60.2 Å². The maximum atomic E-state index is 11.8. The van der Waals surface area contributed by atoms with Crippen molar-refractivity contribution in [1.29, 1.82) is 0 Å². The third-order valence-corrected chi connectivity index (χ3v) is 3.25. The van der Waals surface area contributed by atoms with E-state index >= 15 is 0 Å². The van der Waals surface area contributed by atoms with Crippen molar-refractivity contribution in [2.45, 2.75) is 0 Å². The molecule has 0 atom stereocenters. The molecular formula is C19H19NO5. The van der Waals surface area contributed by atoms with E-state index in [-0.39, 0.29) is 6.61 Å². The zero-order valence-corrected chi connectivity index (χ0v) is 14.0. The van der Waals surface area contributed by atoms with Crippen molar-refractivity contribution >= 4 is 23.6 Å². The van der Waals surface area contributed by atoms with Gasteiger partial charge in [-0.25, -0.2) is 4.79 Å². The second kappa shape index (κ2) is 9.12. The Kier molecular flexibility index (Phi) is 6.59. The Labute approximate surface area is 146 Å². The predicted molar refractivity (Wildman–Crippen MR) is 94.6 cm³/mol. The molecule has 0 aliphatic heterocycles. The molecule has 130 valence electrons. The van der Waals surface area contributed by atoms with Gasteiger partial charge in [0.25, 0.3) is 5.91 Å². The lowest BCUT2D eigenvalue weighted by Gasteiger charge is -2.09. The minimum absolute atomic E-state index is 0.385. The second-order valence-corrected chi connectivity index (χ2v) is 4.96. The Morgan fingerprint density at radius 2 is 1.72 bits per heavy atom. The van der Waals surface area contributed by atoms with E-state index in [0.29, 0.717) is 11.4 Å². The number of anilines is 1. The van der Waals surface area contributed by atoms with Crippen LogP contribution in [0.15, 0.2) is 54.6 Å². The maximum Gasteiger partial charge on any atom is 0.331 e. The first-order valence-corrected chi connectivity index (χ1v) is 7.54. The van der Waals surface area contributed by atoms with Gasteiger partial charge in [-0.05, 0) is 35.9 Å². The molecule has 0 spiro atoms. The molecule has 6 heteroatoms. The van der Waals surface area contributed by atoms with Gasteiger partial charge in [0, 0.05) is 6.08 Å². The molecule has 2 aromatic carbocycles. The van der Waals surface area contributed by atoms with Gasteiger partial charge >= 0.3 is 5.97 Å². The van der Waals surface area contributed by atoms with E-state index in [9.17, 15) is 9.59 Å². The number of carbonyl (C=O) groups is 2. The van der Waals surface area contributed by atoms with Crippen molar-refractivity contribution in [1.82, 2.24) is 0 Å². The molecule has 0 radical (unpaired) electrons. The fourth-order valence-electron chi connectivity index (χ4n) is 2.00. The smallest absolute Gasteiger partial charge is 0.331 e. The van der Waals surface area contributed by atoms with Gasteiger partial charge in [-0.15, -0.1) is 0 Å². The van der Waals surface area contributed by atoms with E-state index in [0.717, 1.165) is 11.3 Å². The summed E-state index contributed by atoms with van der Waals surface area (Å²) in [5.74, 6) is 0.205. The van der Waals surface area contributed by atoms with Crippen molar-refractivity contribution in [2.75, 3.05) is 26.1 Å². The predicted octanol–water partition coefficient (Wildman–Crippen LogP) is 2.90. The van der Waals surface area contributed by atoms with Crippen LogP contribution in [0.4, 0.5) is 5.69 Å². The van der Waals surface area contributed by atoms with E-state index in [1.807, 2.05) is 0 Å². The Morgan fingerprint density at radius 3 is 2.40 bits per heavy atom. The van der Waals surface area contributed by atoms with Crippen LogP contribution < -0.4 is 14.8 Å². The molecule has 0 fully saturated rings. The zero-order valence-electron chi connectivity index (χ0n) is 14.0. The molecule has 1 N–H and O–H groups in total. The molecule has 0 unspecified atom stereocenters. The van der Waals surface area contributed by atoms with Gasteiger partial charge < -0.3 is 19.5 Å². The number of nitrogens with one attached hydrogen (secondary N) is 1. The highest BCUT2D eigenvalue weighted by atomic mass is 16.5. The van der Waals surface area contributed by atoms with Gasteiger partial charge in [0.15, 0.2) is 6.61 Å². The average Bonchev–Trinajstić information content (AvgIpc) is 2.65. The number of hydrogen-bond acceptors (Lipinski definition) is 5. The molecule has 0 aromatic heterocycles. The fourth-order valence-corrected chi connectivity index (χ4v) is 2.00. The van der Waals surface area contributed by atoms with Crippen LogP contribution in [-0.4, -0.2) is 32.7 Å². The average molecular weight is 341 g/mol. The number of benzene rings is 2. The van der Waals surface area contributed by atoms with Crippen molar-refractivity contribution in [3.8, 4) is 11.5 Å². The van der Waals surface area contributed by atoms with E-state index in [2.05, 4.69) is 5.32 Å². The molecule has 2 aromatic rings. The van der Waals surface area contributed by atoms with Gasteiger partial charge in [0.05, 0.1) is 19.9 Å². The highest BCUT2D eigenvalue weighted by Gasteiger charge is 2.08. The van der Waals surface area contributed by atoms with Gasteiger partial charge in [-0.1, -0.05) is 24.3 Å². The third-order valence-electron chi connectivity index (χ3n) is 3.25. The first kappa shape index (κ1) is 18.1. The molecule has 0 heterocycles. The normalized spacial score (nSPS) is 10.3. The van der Waals surface area contributed by atoms with E-state index in [1.54, 1.807) is 61.7 Å². The van der Waals surface area contributed by atoms with E-state index in [4.69, 9.17) is 14.2 Å². The number of hydrogen-bond donors (Lipinski definition) is 1. The summed E-state index contributed by atoms with van der Waals surface area (Å²) in [6.45, 7) is -0.385. The lowest BCUT2D eigenvalue weighted by Crippen LogP contribution is -2.20. The lowest BCUT2D eigenvalue weighted by atomic mass is 10.2. The minimum atomic E-state index is -0.606. The van der Waals surface area contributed by atoms with Crippen LogP contribution in [0, 0.1) is 0 Å². The van der Waals surface area contributed by atoms with Gasteiger partial charge in [0.2, 0.25) is 0 Å². The topological polar surface area (TPSA) is 73.9 Å². The number of ether oxygens (including phenoxy) is 3.